The third kappa shape index (κ3) is 3.16. The van der Waals surface area contributed by atoms with Crippen LogP contribution < -0.4 is 5.32 Å². The fraction of sp³-hybridized carbons (Fsp3) is 0.286. The molecule has 3 aromatic rings. The highest BCUT2D eigenvalue weighted by atomic mass is 32.2. The van der Waals surface area contributed by atoms with Crippen molar-refractivity contribution in [2.45, 2.75) is 17.7 Å². The number of anilines is 1. The highest BCUT2D eigenvalue weighted by Gasteiger charge is 2.31. The molecule has 6 nitrogen and oxygen atoms in total. The summed E-state index contributed by atoms with van der Waals surface area (Å²) in [5.74, 6) is -0.398. The normalized spacial score (nSPS) is 17.0. The van der Waals surface area contributed by atoms with Gasteiger partial charge in [-0.2, -0.15) is 4.31 Å². The van der Waals surface area contributed by atoms with Gasteiger partial charge in [0.05, 0.1) is 13.2 Å². The van der Waals surface area contributed by atoms with Gasteiger partial charge in [-0.05, 0) is 46.9 Å². The number of aryl methyl sites for hydroxylation is 2. The van der Waals surface area contributed by atoms with Crippen molar-refractivity contribution in [3.05, 3.63) is 57.8 Å². The van der Waals surface area contributed by atoms with E-state index in [-0.39, 0.29) is 9.77 Å². The van der Waals surface area contributed by atoms with E-state index in [9.17, 15) is 13.2 Å². The van der Waals surface area contributed by atoms with Gasteiger partial charge in [0.15, 0.2) is 0 Å². The van der Waals surface area contributed by atoms with E-state index in [1.807, 2.05) is 24.3 Å². The number of carbonyl (C=O) groups is 1. The van der Waals surface area contributed by atoms with Gasteiger partial charge in [0, 0.05) is 24.2 Å². The van der Waals surface area contributed by atoms with Gasteiger partial charge >= 0.3 is 0 Å². The molecule has 0 bridgehead atoms. The molecular weight excluding hydrogens is 408 g/mol. The number of carbonyl (C=O) groups excluding carboxylic acids is 1. The van der Waals surface area contributed by atoms with E-state index in [0.29, 0.717) is 32.0 Å². The first-order valence-corrected chi connectivity index (χ1v) is 11.9. The van der Waals surface area contributed by atoms with Crippen LogP contribution in [0.15, 0.2) is 46.7 Å². The van der Waals surface area contributed by atoms with Crippen LogP contribution in [0.4, 0.5) is 5.69 Å². The number of sulfonamides is 1. The lowest BCUT2D eigenvalue weighted by Gasteiger charge is -2.26. The van der Waals surface area contributed by atoms with Crippen molar-refractivity contribution in [3.63, 3.8) is 0 Å². The molecule has 1 N–H and O–H groups in total. The summed E-state index contributed by atoms with van der Waals surface area (Å²) in [6.45, 7) is 1.33. The summed E-state index contributed by atoms with van der Waals surface area (Å²) in [6, 6.07) is 11.6. The van der Waals surface area contributed by atoms with Crippen molar-refractivity contribution < 1.29 is 17.9 Å². The average molecular weight is 429 g/mol. The van der Waals surface area contributed by atoms with Crippen LogP contribution in [0.2, 0.25) is 0 Å². The zero-order chi connectivity index (χ0) is 20.0. The molecule has 2 heterocycles. The second-order valence-corrected chi connectivity index (χ2v) is 10.0. The number of morpholine rings is 1. The Morgan fingerprint density at radius 3 is 2.59 bits per heavy atom. The van der Waals surface area contributed by atoms with E-state index >= 15 is 0 Å². The van der Waals surface area contributed by atoms with Crippen molar-refractivity contribution in [1.82, 2.24) is 4.31 Å². The number of nitrogens with one attached hydrogen (secondary N) is 1. The Hall–Kier alpha value is -2.26. The molecule has 2 aliphatic rings. The van der Waals surface area contributed by atoms with E-state index in [0.717, 1.165) is 29.6 Å². The molecule has 1 aromatic heterocycles. The lowest BCUT2D eigenvalue weighted by atomic mass is 10.0. The number of nitrogens with zero attached hydrogens (tertiary/aromatic N) is 1. The fourth-order valence-corrected chi connectivity index (χ4v) is 6.83. The zero-order valence-electron chi connectivity index (χ0n) is 15.7. The lowest BCUT2D eigenvalue weighted by Crippen LogP contribution is -2.41. The topological polar surface area (TPSA) is 75.7 Å². The van der Waals surface area contributed by atoms with Gasteiger partial charge in [-0.1, -0.05) is 24.3 Å². The largest absolute Gasteiger partial charge is 0.379 e. The van der Waals surface area contributed by atoms with Gasteiger partial charge in [0.1, 0.15) is 9.77 Å². The third-order valence-electron chi connectivity index (χ3n) is 5.55. The molecule has 2 aromatic carbocycles. The first kappa shape index (κ1) is 18.7. The standard InChI is InChI=1S/C21H20N2O4S2/c24-21(20-18(8-13-28-20)29(25,26)23-9-11-27-12-10-23)22-17-7-6-15-5-4-14-2-1-3-16(17)19(14)15/h1-3,6-8,13H,4-5,9-12H2,(H,22,24). The molecule has 150 valence electrons. The van der Waals surface area contributed by atoms with Gasteiger partial charge in [-0.3, -0.25) is 4.79 Å². The molecule has 0 unspecified atom stereocenters. The minimum atomic E-state index is -3.73. The maximum absolute atomic E-state index is 13.0. The number of hydrogen-bond donors (Lipinski definition) is 1. The number of thiophene rings is 1. The molecule has 0 saturated carbocycles. The summed E-state index contributed by atoms with van der Waals surface area (Å²) < 4.78 is 32.7. The summed E-state index contributed by atoms with van der Waals surface area (Å²) in [5, 5.41) is 6.80. The Bertz CT molecular complexity index is 1200. The molecule has 0 spiro atoms. The monoisotopic (exact) mass is 428 g/mol. The van der Waals surface area contributed by atoms with Crippen LogP contribution in [-0.4, -0.2) is 44.9 Å². The van der Waals surface area contributed by atoms with Crippen molar-refractivity contribution in [2.75, 3.05) is 31.6 Å². The predicted molar refractivity (Wildman–Crippen MR) is 113 cm³/mol. The average Bonchev–Trinajstić information content (AvgIpc) is 3.40. The van der Waals surface area contributed by atoms with Crippen LogP contribution in [0.25, 0.3) is 10.8 Å². The van der Waals surface area contributed by atoms with Crippen LogP contribution in [0.3, 0.4) is 0 Å². The number of amides is 1. The summed E-state index contributed by atoms with van der Waals surface area (Å²) >= 11 is 1.14. The number of ether oxygens (including phenoxy) is 1. The maximum Gasteiger partial charge on any atom is 0.267 e. The van der Waals surface area contributed by atoms with Crippen LogP contribution in [0.5, 0.6) is 0 Å². The van der Waals surface area contributed by atoms with Crippen molar-refractivity contribution in [3.8, 4) is 0 Å². The molecule has 0 atom stereocenters. The minimum Gasteiger partial charge on any atom is -0.379 e. The summed E-state index contributed by atoms with van der Waals surface area (Å²) in [4.78, 5) is 13.3. The third-order valence-corrected chi connectivity index (χ3v) is 8.53. The van der Waals surface area contributed by atoms with Crippen LogP contribution in [-0.2, 0) is 27.6 Å². The van der Waals surface area contributed by atoms with E-state index in [1.54, 1.807) is 5.38 Å². The Balaban J connectivity index is 1.48. The molecule has 1 amide bonds. The Morgan fingerprint density at radius 2 is 1.79 bits per heavy atom. The second kappa shape index (κ2) is 7.21. The second-order valence-electron chi connectivity index (χ2n) is 7.20. The number of rotatable bonds is 4. The SMILES string of the molecule is O=C(Nc1ccc2c3c(cccc13)CC2)c1sccc1S(=O)(=O)N1CCOCC1. The first-order chi connectivity index (χ1) is 14.1. The smallest absolute Gasteiger partial charge is 0.267 e. The van der Waals surface area contributed by atoms with Crippen LogP contribution in [0, 0.1) is 0 Å². The van der Waals surface area contributed by atoms with Gasteiger partial charge < -0.3 is 10.1 Å². The summed E-state index contributed by atoms with van der Waals surface area (Å²) in [6.07, 6.45) is 2.02. The molecule has 1 aliphatic carbocycles. The maximum atomic E-state index is 13.0. The Labute approximate surface area is 173 Å². The highest BCUT2D eigenvalue weighted by Crippen LogP contribution is 2.35. The highest BCUT2D eigenvalue weighted by molar-refractivity contribution is 7.89. The number of benzene rings is 2. The number of hydrogen-bond acceptors (Lipinski definition) is 5. The van der Waals surface area contributed by atoms with Gasteiger partial charge in [0.25, 0.3) is 5.91 Å². The molecule has 0 radical (unpaired) electrons. The Morgan fingerprint density at radius 1 is 1.03 bits per heavy atom. The molecule has 1 fully saturated rings. The quantitative estimate of drug-likeness (QED) is 0.692. The van der Waals surface area contributed by atoms with Crippen LogP contribution >= 0.6 is 11.3 Å². The van der Waals surface area contributed by atoms with Crippen molar-refractivity contribution in [1.29, 1.82) is 0 Å². The van der Waals surface area contributed by atoms with Crippen molar-refractivity contribution >= 4 is 43.7 Å². The first-order valence-electron chi connectivity index (χ1n) is 9.56. The molecule has 1 aliphatic heterocycles. The van der Waals surface area contributed by atoms with E-state index in [4.69, 9.17) is 4.74 Å². The van der Waals surface area contributed by atoms with E-state index in [1.165, 1.54) is 26.9 Å². The molecule has 8 heteroatoms. The summed E-state index contributed by atoms with van der Waals surface area (Å²) in [5.41, 5.74) is 3.29. The zero-order valence-corrected chi connectivity index (χ0v) is 17.3. The fourth-order valence-electron chi connectivity index (χ4n) is 4.13. The van der Waals surface area contributed by atoms with E-state index in [2.05, 4.69) is 11.4 Å². The van der Waals surface area contributed by atoms with Gasteiger partial charge in [0.2, 0.25) is 10.0 Å². The van der Waals surface area contributed by atoms with E-state index < -0.39 is 15.9 Å². The molecule has 5 rings (SSSR count). The lowest BCUT2D eigenvalue weighted by molar-refractivity contribution is 0.0730. The van der Waals surface area contributed by atoms with Gasteiger partial charge in [-0.25, -0.2) is 8.42 Å². The molecular formula is C21H20N2O4S2. The molecule has 29 heavy (non-hydrogen) atoms. The van der Waals surface area contributed by atoms with Crippen LogP contribution in [0.1, 0.15) is 20.8 Å². The predicted octanol–water partition coefficient (Wildman–Crippen LogP) is 3.27. The molecule has 1 saturated heterocycles. The van der Waals surface area contributed by atoms with Crippen molar-refractivity contribution in [2.24, 2.45) is 0 Å². The van der Waals surface area contributed by atoms with Gasteiger partial charge in [-0.15, -0.1) is 11.3 Å². The minimum absolute atomic E-state index is 0.0628. The summed E-state index contributed by atoms with van der Waals surface area (Å²) in [7, 11) is -3.73. The Kier molecular flexibility index (Phi) is 4.66.